The highest BCUT2D eigenvalue weighted by Crippen LogP contribution is 2.31. The van der Waals surface area contributed by atoms with E-state index in [9.17, 15) is 0 Å². The molecule has 166 valence electrons. The molecule has 1 atom stereocenters. The van der Waals surface area contributed by atoms with Crippen molar-refractivity contribution >= 4 is 0 Å². The van der Waals surface area contributed by atoms with Crippen LogP contribution >= 0.6 is 0 Å². The van der Waals surface area contributed by atoms with Crippen LogP contribution in [0.15, 0.2) is 36.8 Å². The number of ether oxygens (including phenoxy) is 1. The molecule has 0 bridgehead atoms. The summed E-state index contributed by atoms with van der Waals surface area (Å²) in [6.45, 7) is 7.67. The molecule has 0 aliphatic carbocycles. The summed E-state index contributed by atoms with van der Waals surface area (Å²) in [6, 6.07) is 8.34. The first kappa shape index (κ1) is 24.4. The SMILES string of the molecule is CCCCCCCCOc1ccccc1-c1ncncc1CCC(C)CCCCC. The first-order valence-corrected chi connectivity index (χ1v) is 12.3. The normalized spacial score (nSPS) is 12.1. The molecule has 0 radical (unpaired) electrons. The van der Waals surface area contributed by atoms with E-state index in [0.717, 1.165) is 42.4 Å². The van der Waals surface area contributed by atoms with Crippen molar-refractivity contribution in [3.8, 4) is 17.0 Å². The zero-order chi connectivity index (χ0) is 21.4. The number of benzene rings is 1. The van der Waals surface area contributed by atoms with Gasteiger partial charge in [-0.2, -0.15) is 0 Å². The first-order valence-electron chi connectivity index (χ1n) is 12.3. The van der Waals surface area contributed by atoms with Gasteiger partial charge in [-0.05, 0) is 42.9 Å². The van der Waals surface area contributed by atoms with E-state index in [1.165, 1.54) is 69.8 Å². The number of nitrogens with zero attached hydrogens (tertiary/aromatic N) is 2. The molecule has 2 rings (SSSR count). The maximum Gasteiger partial charge on any atom is 0.128 e. The zero-order valence-corrected chi connectivity index (χ0v) is 19.5. The van der Waals surface area contributed by atoms with Crippen LogP contribution in [0.25, 0.3) is 11.3 Å². The van der Waals surface area contributed by atoms with Crippen molar-refractivity contribution in [1.82, 2.24) is 9.97 Å². The van der Waals surface area contributed by atoms with Crippen LogP contribution < -0.4 is 4.74 Å². The van der Waals surface area contributed by atoms with Crippen molar-refractivity contribution in [2.45, 2.75) is 97.8 Å². The van der Waals surface area contributed by atoms with Gasteiger partial charge in [0.25, 0.3) is 0 Å². The molecule has 1 heterocycles. The van der Waals surface area contributed by atoms with Crippen LogP contribution in [0.1, 0.15) is 97.0 Å². The van der Waals surface area contributed by atoms with Gasteiger partial charge in [-0.15, -0.1) is 0 Å². The third kappa shape index (κ3) is 8.85. The maximum absolute atomic E-state index is 6.18. The van der Waals surface area contributed by atoms with Crippen molar-refractivity contribution in [2.75, 3.05) is 6.61 Å². The van der Waals surface area contributed by atoms with Gasteiger partial charge in [0.2, 0.25) is 0 Å². The molecule has 1 aromatic carbocycles. The van der Waals surface area contributed by atoms with E-state index in [-0.39, 0.29) is 0 Å². The fraction of sp³-hybridized carbons (Fsp3) is 0.630. The minimum atomic E-state index is 0.740. The average Bonchev–Trinajstić information content (AvgIpc) is 2.78. The predicted molar refractivity (Wildman–Crippen MR) is 128 cm³/mol. The Morgan fingerprint density at radius 1 is 0.867 bits per heavy atom. The second-order valence-electron chi connectivity index (χ2n) is 8.65. The molecule has 30 heavy (non-hydrogen) atoms. The van der Waals surface area contributed by atoms with Gasteiger partial charge in [0, 0.05) is 11.8 Å². The summed E-state index contributed by atoms with van der Waals surface area (Å²) in [6.07, 6.45) is 18.8. The molecule has 0 saturated carbocycles. The van der Waals surface area contributed by atoms with Gasteiger partial charge in [-0.3, -0.25) is 0 Å². The van der Waals surface area contributed by atoms with Crippen LogP contribution in [0.3, 0.4) is 0 Å². The lowest BCUT2D eigenvalue weighted by molar-refractivity contribution is 0.305. The Morgan fingerprint density at radius 3 is 2.43 bits per heavy atom. The van der Waals surface area contributed by atoms with E-state index >= 15 is 0 Å². The molecule has 3 heteroatoms. The van der Waals surface area contributed by atoms with Crippen LogP contribution in [-0.4, -0.2) is 16.6 Å². The summed E-state index contributed by atoms with van der Waals surface area (Å²) in [5.74, 6) is 1.69. The maximum atomic E-state index is 6.18. The molecule has 0 N–H and O–H groups in total. The topological polar surface area (TPSA) is 35.0 Å². The highest BCUT2D eigenvalue weighted by molar-refractivity contribution is 5.69. The van der Waals surface area contributed by atoms with E-state index in [1.54, 1.807) is 6.33 Å². The lowest BCUT2D eigenvalue weighted by Gasteiger charge is -2.15. The van der Waals surface area contributed by atoms with E-state index in [4.69, 9.17) is 4.74 Å². The number of unbranched alkanes of at least 4 members (excludes halogenated alkanes) is 7. The predicted octanol–water partition coefficient (Wildman–Crippen LogP) is 8.03. The Hall–Kier alpha value is -1.90. The number of aromatic nitrogens is 2. The molecule has 1 unspecified atom stereocenters. The van der Waals surface area contributed by atoms with E-state index in [1.807, 2.05) is 6.20 Å². The molecule has 2 aromatic rings. The Kier molecular flexibility index (Phi) is 12.2. The van der Waals surface area contributed by atoms with Crippen molar-refractivity contribution < 1.29 is 4.74 Å². The highest BCUT2D eigenvalue weighted by atomic mass is 16.5. The lowest BCUT2D eigenvalue weighted by atomic mass is 9.94. The average molecular weight is 411 g/mol. The monoisotopic (exact) mass is 410 g/mol. The molecule has 0 aliphatic heterocycles. The molecule has 3 nitrogen and oxygen atoms in total. The third-order valence-corrected chi connectivity index (χ3v) is 5.89. The fourth-order valence-electron chi connectivity index (χ4n) is 3.93. The van der Waals surface area contributed by atoms with Gasteiger partial charge < -0.3 is 4.74 Å². The van der Waals surface area contributed by atoms with Gasteiger partial charge in [0.05, 0.1) is 12.3 Å². The summed E-state index contributed by atoms with van der Waals surface area (Å²) < 4.78 is 6.18. The summed E-state index contributed by atoms with van der Waals surface area (Å²) in [5, 5.41) is 0. The molecule has 0 spiro atoms. The van der Waals surface area contributed by atoms with Crippen molar-refractivity contribution in [3.05, 3.63) is 42.4 Å². The zero-order valence-electron chi connectivity index (χ0n) is 19.5. The van der Waals surface area contributed by atoms with Gasteiger partial charge in [-0.25, -0.2) is 9.97 Å². The van der Waals surface area contributed by atoms with E-state index < -0.39 is 0 Å². The number of hydrogen-bond acceptors (Lipinski definition) is 3. The summed E-state index contributed by atoms with van der Waals surface area (Å²) in [4.78, 5) is 8.96. The number of aryl methyl sites for hydroxylation is 1. The molecule has 0 saturated heterocycles. The second-order valence-corrected chi connectivity index (χ2v) is 8.65. The Bertz CT molecular complexity index is 701. The van der Waals surface area contributed by atoms with Crippen molar-refractivity contribution in [2.24, 2.45) is 5.92 Å². The third-order valence-electron chi connectivity index (χ3n) is 5.89. The van der Waals surface area contributed by atoms with E-state index in [2.05, 4.69) is 55.0 Å². The largest absolute Gasteiger partial charge is 0.493 e. The molecule has 0 fully saturated rings. The van der Waals surface area contributed by atoms with Crippen LogP contribution in [0.2, 0.25) is 0 Å². The summed E-state index contributed by atoms with van der Waals surface area (Å²) in [7, 11) is 0. The van der Waals surface area contributed by atoms with Crippen LogP contribution in [0.4, 0.5) is 0 Å². The van der Waals surface area contributed by atoms with Crippen LogP contribution in [0.5, 0.6) is 5.75 Å². The molecule has 1 aromatic heterocycles. The van der Waals surface area contributed by atoms with E-state index in [0.29, 0.717) is 0 Å². The summed E-state index contributed by atoms with van der Waals surface area (Å²) >= 11 is 0. The van der Waals surface area contributed by atoms with Gasteiger partial charge >= 0.3 is 0 Å². The standard InChI is InChI=1S/C27H42N2O/c1-4-6-8-9-10-14-20-30-26-17-13-12-16-25(26)27-24(21-28-22-29-27)19-18-23(3)15-11-7-5-2/h12-13,16-17,21-23H,4-11,14-15,18-20H2,1-3H3. The summed E-state index contributed by atoms with van der Waals surface area (Å²) in [5.41, 5.74) is 3.36. The Morgan fingerprint density at radius 2 is 1.60 bits per heavy atom. The Balaban J connectivity index is 1.95. The number of hydrogen-bond donors (Lipinski definition) is 0. The van der Waals surface area contributed by atoms with Crippen LogP contribution in [0, 0.1) is 5.92 Å². The quantitative estimate of drug-likeness (QED) is 0.263. The van der Waals surface area contributed by atoms with Gasteiger partial charge in [0.15, 0.2) is 0 Å². The number of rotatable bonds is 16. The number of para-hydroxylation sites is 1. The molecule has 0 aliphatic rings. The molecular weight excluding hydrogens is 368 g/mol. The van der Waals surface area contributed by atoms with Crippen molar-refractivity contribution in [1.29, 1.82) is 0 Å². The highest BCUT2D eigenvalue weighted by Gasteiger charge is 2.13. The van der Waals surface area contributed by atoms with Crippen molar-refractivity contribution in [3.63, 3.8) is 0 Å². The molecule has 0 amide bonds. The second kappa shape index (κ2) is 15.0. The van der Waals surface area contributed by atoms with Gasteiger partial charge in [-0.1, -0.05) is 90.7 Å². The minimum absolute atomic E-state index is 0.740. The minimum Gasteiger partial charge on any atom is -0.493 e. The lowest BCUT2D eigenvalue weighted by Crippen LogP contribution is -2.03. The molecular formula is C27H42N2O. The fourth-order valence-corrected chi connectivity index (χ4v) is 3.93. The Labute approximate surface area is 184 Å². The van der Waals surface area contributed by atoms with Gasteiger partial charge in [0.1, 0.15) is 12.1 Å². The van der Waals surface area contributed by atoms with Crippen LogP contribution in [-0.2, 0) is 6.42 Å². The first-order chi connectivity index (χ1) is 14.8. The smallest absolute Gasteiger partial charge is 0.128 e.